The van der Waals surface area contributed by atoms with Crippen LogP contribution in [0, 0.1) is 6.92 Å². The van der Waals surface area contributed by atoms with E-state index in [1.54, 1.807) is 20.0 Å². The van der Waals surface area contributed by atoms with Crippen molar-refractivity contribution < 1.29 is 9.53 Å². The molecular weight excluding hydrogens is 398 g/mol. The summed E-state index contributed by atoms with van der Waals surface area (Å²) in [6.07, 6.45) is 1.45. The lowest BCUT2D eigenvalue weighted by atomic mass is 10.0. The first-order chi connectivity index (χ1) is 14.8. The second-order valence-electron chi connectivity index (χ2n) is 7.54. The summed E-state index contributed by atoms with van der Waals surface area (Å²) in [5.74, 6) is 1.21. The van der Waals surface area contributed by atoms with E-state index in [1.165, 1.54) is 21.1 Å². The maximum atomic E-state index is 12.5. The third-order valence-corrected chi connectivity index (χ3v) is 4.81. The first-order valence-electron chi connectivity index (χ1n) is 9.83. The van der Waals surface area contributed by atoms with Gasteiger partial charge in [-0.25, -0.2) is 0 Å². The first-order valence-corrected chi connectivity index (χ1v) is 9.83. The van der Waals surface area contributed by atoms with Gasteiger partial charge in [0.25, 0.3) is 11.5 Å². The Hall–Kier alpha value is -3.95. The highest BCUT2D eigenvalue weighted by Gasteiger charge is 2.16. The quantitative estimate of drug-likeness (QED) is 0.493. The molecule has 2 N–H and O–H groups in total. The molecule has 0 fully saturated rings. The third-order valence-electron chi connectivity index (χ3n) is 4.81. The maximum Gasteiger partial charge on any atom is 0.263 e. The number of carbonyl (C=O) groups excluding carboxylic acids is 1. The normalized spacial score (nSPS) is 11.3. The molecule has 31 heavy (non-hydrogen) atoms. The lowest BCUT2D eigenvalue weighted by Crippen LogP contribution is -2.23. The number of aromatic amines is 1. The second-order valence-corrected chi connectivity index (χ2v) is 7.54. The van der Waals surface area contributed by atoms with Crippen LogP contribution >= 0.6 is 0 Å². The summed E-state index contributed by atoms with van der Waals surface area (Å²) in [6, 6.07) is 9.33. The van der Waals surface area contributed by atoms with Gasteiger partial charge in [0.2, 0.25) is 5.95 Å². The summed E-state index contributed by atoms with van der Waals surface area (Å²) < 4.78 is 8.46. The van der Waals surface area contributed by atoms with Crippen molar-refractivity contribution in [2.24, 2.45) is 7.05 Å². The summed E-state index contributed by atoms with van der Waals surface area (Å²) in [4.78, 5) is 31.9. The van der Waals surface area contributed by atoms with Crippen LogP contribution in [0.4, 0.5) is 5.82 Å². The van der Waals surface area contributed by atoms with Crippen molar-refractivity contribution in [1.82, 2.24) is 29.5 Å². The van der Waals surface area contributed by atoms with E-state index in [0.29, 0.717) is 34.2 Å². The van der Waals surface area contributed by atoms with E-state index in [2.05, 4.69) is 39.3 Å². The van der Waals surface area contributed by atoms with Gasteiger partial charge in [-0.3, -0.25) is 19.3 Å². The number of aryl methyl sites for hydroxylation is 2. The van der Waals surface area contributed by atoms with Crippen LogP contribution in [0.2, 0.25) is 0 Å². The van der Waals surface area contributed by atoms with Crippen LogP contribution in [0.15, 0.2) is 41.3 Å². The Bertz CT molecular complexity index is 1300. The van der Waals surface area contributed by atoms with Crippen molar-refractivity contribution in [3.63, 3.8) is 0 Å². The fourth-order valence-electron chi connectivity index (χ4n) is 3.15. The van der Waals surface area contributed by atoms with Crippen LogP contribution in [0.3, 0.4) is 0 Å². The SMILES string of the molecule is Cc1cc(NC(=O)COc2ccc(C(C)C)cc2)n(-c2nc3c(cnn3C)c(=O)[nH]2)n1. The molecule has 0 spiro atoms. The number of hydrogen-bond acceptors (Lipinski definition) is 6. The minimum atomic E-state index is -0.363. The van der Waals surface area contributed by atoms with Gasteiger partial charge in [-0.15, -0.1) is 0 Å². The molecule has 0 saturated heterocycles. The van der Waals surface area contributed by atoms with Crippen molar-refractivity contribution in [3.8, 4) is 11.7 Å². The van der Waals surface area contributed by atoms with Crippen LogP contribution in [0.25, 0.3) is 17.0 Å². The number of anilines is 1. The molecule has 0 atom stereocenters. The number of aromatic nitrogens is 6. The largest absolute Gasteiger partial charge is 0.484 e. The number of rotatable bonds is 6. The van der Waals surface area contributed by atoms with Gasteiger partial charge in [0.15, 0.2) is 12.3 Å². The smallest absolute Gasteiger partial charge is 0.263 e. The van der Waals surface area contributed by atoms with Gasteiger partial charge in [0.1, 0.15) is 17.0 Å². The van der Waals surface area contributed by atoms with Gasteiger partial charge in [-0.1, -0.05) is 26.0 Å². The number of benzene rings is 1. The molecule has 10 heteroatoms. The number of H-pyrrole nitrogens is 1. The van der Waals surface area contributed by atoms with Crippen LogP contribution < -0.4 is 15.6 Å². The third kappa shape index (κ3) is 4.18. The van der Waals surface area contributed by atoms with Crippen LogP contribution in [0.1, 0.15) is 31.0 Å². The standard InChI is InChI=1S/C21H23N7O3/c1-12(2)14-5-7-15(8-6-14)31-11-18(29)23-17-9-13(3)26-28(17)21-24-19-16(20(30)25-21)10-22-27(19)4/h5-10,12H,11H2,1-4H3,(H,23,29)(H,24,25,30). The number of carbonyl (C=O) groups is 1. The van der Waals surface area contributed by atoms with Crippen molar-refractivity contribution >= 4 is 22.8 Å². The molecule has 0 unspecified atom stereocenters. The molecule has 4 rings (SSSR count). The van der Waals surface area contributed by atoms with E-state index < -0.39 is 0 Å². The van der Waals surface area contributed by atoms with E-state index in [0.717, 1.165) is 0 Å². The summed E-state index contributed by atoms with van der Waals surface area (Å²) in [7, 11) is 1.70. The first kappa shape index (κ1) is 20.3. The molecule has 3 aromatic heterocycles. The van der Waals surface area contributed by atoms with Crippen LogP contribution in [0.5, 0.6) is 5.75 Å². The van der Waals surface area contributed by atoms with Crippen LogP contribution in [-0.2, 0) is 11.8 Å². The van der Waals surface area contributed by atoms with E-state index in [4.69, 9.17) is 4.74 Å². The van der Waals surface area contributed by atoms with Gasteiger partial charge >= 0.3 is 0 Å². The lowest BCUT2D eigenvalue weighted by Gasteiger charge is -2.10. The number of ether oxygens (including phenoxy) is 1. The minimum absolute atomic E-state index is 0.171. The molecule has 0 aliphatic carbocycles. The molecule has 3 heterocycles. The Morgan fingerprint density at radius 3 is 2.71 bits per heavy atom. The fraction of sp³-hybridized carbons (Fsp3) is 0.286. The van der Waals surface area contributed by atoms with E-state index in [-0.39, 0.29) is 24.0 Å². The molecule has 1 aromatic carbocycles. The predicted molar refractivity (Wildman–Crippen MR) is 116 cm³/mol. The summed E-state index contributed by atoms with van der Waals surface area (Å²) in [5, 5.41) is 11.5. The predicted octanol–water partition coefficient (Wildman–Crippen LogP) is 2.29. The number of nitrogens with one attached hydrogen (secondary N) is 2. The molecule has 10 nitrogen and oxygen atoms in total. The highest BCUT2D eigenvalue weighted by molar-refractivity contribution is 5.91. The van der Waals surface area contributed by atoms with Crippen molar-refractivity contribution in [2.45, 2.75) is 26.7 Å². The molecule has 0 bridgehead atoms. The van der Waals surface area contributed by atoms with Gasteiger partial charge < -0.3 is 10.1 Å². The monoisotopic (exact) mass is 421 g/mol. The topological polar surface area (TPSA) is 120 Å². The molecule has 1 amide bonds. The molecule has 4 aromatic rings. The van der Waals surface area contributed by atoms with Crippen molar-refractivity contribution in [2.75, 3.05) is 11.9 Å². The second kappa shape index (κ2) is 8.05. The molecular formula is C21H23N7O3. The summed E-state index contributed by atoms with van der Waals surface area (Å²) in [6.45, 7) is 5.83. The van der Waals surface area contributed by atoms with E-state index in [1.807, 2.05) is 24.3 Å². The Balaban J connectivity index is 1.52. The summed E-state index contributed by atoms with van der Waals surface area (Å²) in [5.41, 5.74) is 1.92. The highest BCUT2D eigenvalue weighted by Crippen LogP contribution is 2.19. The van der Waals surface area contributed by atoms with Gasteiger partial charge in [-0.05, 0) is 30.5 Å². The molecule has 0 saturated carbocycles. The van der Waals surface area contributed by atoms with Crippen molar-refractivity contribution in [1.29, 1.82) is 0 Å². The molecule has 0 aliphatic rings. The zero-order chi connectivity index (χ0) is 22.1. The number of nitrogens with zero attached hydrogens (tertiary/aromatic N) is 5. The Kier molecular flexibility index (Phi) is 5.28. The van der Waals surface area contributed by atoms with E-state index >= 15 is 0 Å². The maximum absolute atomic E-state index is 12.5. The number of hydrogen-bond donors (Lipinski definition) is 2. The van der Waals surface area contributed by atoms with Gasteiger partial charge in [0.05, 0.1) is 11.9 Å². The van der Waals surface area contributed by atoms with E-state index in [9.17, 15) is 9.59 Å². The molecule has 160 valence electrons. The number of amides is 1. The average Bonchev–Trinajstić information content (AvgIpc) is 3.29. The van der Waals surface area contributed by atoms with Crippen molar-refractivity contribution in [3.05, 3.63) is 58.1 Å². The lowest BCUT2D eigenvalue weighted by molar-refractivity contribution is -0.118. The Morgan fingerprint density at radius 2 is 2.00 bits per heavy atom. The summed E-state index contributed by atoms with van der Waals surface area (Å²) >= 11 is 0. The van der Waals surface area contributed by atoms with Gasteiger partial charge in [0, 0.05) is 13.1 Å². The number of fused-ring (bicyclic) bond motifs is 1. The Labute approximate surface area is 177 Å². The highest BCUT2D eigenvalue weighted by atomic mass is 16.5. The zero-order valence-electron chi connectivity index (χ0n) is 17.7. The van der Waals surface area contributed by atoms with Gasteiger partial charge in [-0.2, -0.15) is 19.9 Å². The molecule has 0 radical (unpaired) electrons. The average molecular weight is 421 g/mol. The minimum Gasteiger partial charge on any atom is -0.484 e. The molecule has 0 aliphatic heterocycles. The van der Waals surface area contributed by atoms with Crippen LogP contribution in [-0.4, -0.2) is 42.0 Å². The fourth-order valence-corrected chi connectivity index (χ4v) is 3.15. The zero-order valence-corrected chi connectivity index (χ0v) is 17.7. The Morgan fingerprint density at radius 1 is 1.26 bits per heavy atom.